The number of likely N-dealkylation sites (N-methyl/N-ethyl adjacent to an activating group) is 1. The van der Waals surface area contributed by atoms with Gasteiger partial charge in [-0.1, -0.05) is 12.1 Å². The number of hydrogen-bond acceptors (Lipinski definition) is 6. The van der Waals surface area contributed by atoms with Crippen LogP contribution in [-0.4, -0.2) is 59.6 Å². The van der Waals surface area contributed by atoms with Crippen LogP contribution in [0.1, 0.15) is 24.0 Å². The number of fused-ring (bicyclic) bond motifs is 2. The van der Waals surface area contributed by atoms with Gasteiger partial charge >= 0.3 is 0 Å². The van der Waals surface area contributed by atoms with Crippen LogP contribution in [0.25, 0.3) is 11.0 Å². The van der Waals surface area contributed by atoms with Gasteiger partial charge in [0.2, 0.25) is 11.8 Å². The van der Waals surface area contributed by atoms with Gasteiger partial charge in [-0.25, -0.2) is 4.39 Å². The molecule has 1 aliphatic heterocycles. The molecule has 0 spiro atoms. The molecule has 1 aliphatic rings. The number of aliphatic imine (C=N–C) groups is 1. The van der Waals surface area contributed by atoms with Crippen molar-refractivity contribution >= 4 is 45.6 Å². The standard InChI is InChI=1S/C29H27FN6O2/c1-18(37)36(15-14-35(2)3)22-8-6-21(7-9-22)33-28(19-4-11-24-26(16-19)32-13-12-31-24)27-23-10-5-20(30)17-25(23)34-29(27)38/h4-13,16-17,27H,14-15H2,1-3H3,(H,34,38). The number of aromatic nitrogens is 2. The van der Waals surface area contributed by atoms with E-state index in [1.807, 2.05) is 61.5 Å². The SMILES string of the molecule is CC(=O)N(CCN(C)C)c1ccc(N=C(c2ccc3nccnc3c2)C2C(=O)Nc3cc(F)ccc32)cc1. The summed E-state index contributed by atoms with van der Waals surface area (Å²) in [6.45, 7) is 2.83. The smallest absolute Gasteiger partial charge is 0.238 e. The van der Waals surface area contributed by atoms with Gasteiger partial charge in [0.05, 0.1) is 22.4 Å². The molecule has 0 aliphatic carbocycles. The molecule has 0 fully saturated rings. The number of nitrogens with one attached hydrogen (secondary N) is 1. The number of anilines is 2. The molecule has 4 aromatic rings. The van der Waals surface area contributed by atoms with Gasteiger partial charge in [0, 0.05) is 43.8 Å². The second-order valence-corrected chi connectivity index (χ2v) is 9.40. The summed E-state index contributed by atoms with van der Waals surface area (Å²) >= 11 is 0. The number of halogens is 1. The van der Waals surface area contributed by atoms with Crippen molar-refractivity contribution in [1.29, 1.82) is 0 Å². The van der Waals surface area contributed by atoms with Crippen LogP contribution in [0.2, 0.25) is 0 Å². The second-order valence-electron chi connectivity index (χ2n) is 9.40. The number of amides is 2. The van der Waals surface area contributed by atoms with Crippen LogP contribution in [0.4, 0.5) is 21.5 Å². The van der Waals surface area contributed by atoms with Crippen LogP contribution in [0.15, 0.2) is 78.0 Å². The van der Waals surface area contributed by atoms with Crippen LogP contribution in [-0.2, 0) is 9.59 Å². The number of benzene rings is 3. The first-order valence-corrected chi connectivity index (χ1v) is 12.2. The molecular formula is C29H27FN6O2. The van der Waals surface area contributed by atoms with Gasteiger partial charge in [0.15, 0.2) is 0 Å². The molecule has 0 radical (unpaired) electrons. The topological polar surface area (TPSA) is 90.8 Å². The number of hydrogen-bond donors (Lipinski definition) is 1. The van der Waals surface area contributed by atoms with Crippen LogP contribution in [0.3, 0.4) is 0 Å². The summed E-state index contributed by atoms with van der Waals surface area (Å²) in [5.74, 6) is -1.50. The monoisotopic (exact) mass is 510 g/mol. The number of carbonyl (C=O) groups excluding carboxylic acids is 2. The average Bonchev–Trinajstić information content (AvgIpc) is 3.22. The Morgan fingerprint density at radius 3 is 2.42 bits per heavy atom. The largest absolute Gasteiger partial charge is 0.325 e. The molecular weight excluding hydrogens is 483 g/mol. The lowest BCUT2D eigenvalue weighted by molar-refractivity contribution is -0.117. The maximum Gasteiger partial charge on any atom is 0.238 e. The van der Waals surface area contributed by atoms with E-state index in [4.69, 9.17) is 4.99 Å². The van der Waals surface area contributed by atoms with Crippen molar-refractivity contribution in [2.75, 3.05) is 37.4 Å². The van der Waals surface area contributed by atoms with E-state index < -0.39 is 11.7 Å². The van der Waals surface area contributed by atoms with Crippen molar-refractivity contribution in [3.8, 4) is 0 Å². The zero-order valence-corrected chi connectivity index (χ0v) is 21.4. The predicted molar refractivity (Wildman–Crippen MR) is 147 cm³/mol. The molecule has 2 heterocycles. The summed E-state index contributed by atoms with van der Waals surface area (Å²) < 4.78 is 13.9. The third-order valence-electron chi connectivity index (χ3n) is 6.45. The minimum absolute atomic E-state index is 0.0486. The molecule has 1 N–H and O–H groups in total. The van der Waals surface area contributed by atoms with E-state index in [9.17, 15) is 14.0 Å². The summed E-state index contributed by atoms with van der Waals surface area (Å²) in [4.78, 5) is 42.8. The van der Waals surface area contributed by atoms with E-state index in [-0.39, 0.29) is 11.8 Å². The van der Waals surface area contributed by atoms with E-state index in [0.717, 1.165) is 17.7 Å². The van der Waals surface area contributed by atoms with E-state index >= 15 is 0 Å². The zero-order chi connectivity index (χ0) is 26.8. The Labute approximate surface area is 219 Å². The van der Waals surface area contributed by atoms with Gasteiger partial charge in [-0.15, -0.1) is 0 Å². The molecule has 1 aromatic heterocycles. The van der Waals surface area contributed by atoms with E-state index in [0.29, 0.717) is 40.3 Å². The van der Waals surface area contributed by atoms with E-state index in [1.165, 1.54) is 12.1 Å². The second kappa shape index (κ2) is 10.5. The third-order valence-corrected chi connectivity index (χ3v) is 6.45. The molecule has 0 saturated carbocycles. The van der Waals surface area contributed by atoms with Crippen LogP contribution in [0.5, 0.6) is 0 Å². The highest BCUT2D eigenvalue weighted by molar-refractivity contribution is 6.24. The predicted octanol–water partition coefficient (Wildman–Crippen LogP) is 4.54. The molecule has 38 heavy (non-hydrogen) atoms. The summed E-state index contributed by atoms with van der Waals surface area (Å²) in [5.41, 5.74) is 5.06. The van der Waals surface area contributed by atoms with Crippen LogP contribution in [0, 0.1) is 5.82 Å². The minimum atomic E-state index is -0.742. The fourth-order valence-electron chi connectivity index (χ4n) is 4.54. The Balaban J connectivity index is 1.58. The third kappa shape index (κ3) is 5.14. The Kier molecular flexibility index (Phi) is 6.93. The van der Waals surface area contributed by atoms with Crippen molar-refractivity contribution in [3.05, 3.63) is 90.0 Å². The maximum absolute atomic E-state index is 13.9. The normalized spacial score (nSPS) is 15.0. The molecule has 1 unspecified atom stereocenters. The van der Waals surface area contributed by atoms with Crippen molar-refractivity contribution in [1.82, 2.24) is 14.9 Å². The first-order chi connectivity index (χ1) is 18.3. The van der Waals surface area contributed by atoms with E-state index in [1.54, 1.807) is 30.3 Å². The summed E-state index contributed by atoms with van der Waals surface area (Å²) in [6.07, 6.45) is 3.23. The average molecular weight is 511 g/mol. The zero-order valence-electron chi connectivity index (χ0n) is 21.4. The fourth-order valence-corrected chi connectivity index (χ4v) is 4.54. The lowest BCUT2D eigenvalue weighted by Gasteiger charge is -2.23. The molecule has 2 amide bonds. The highest BCUT2D eigenvalue weighted by Gasteiger charge is 2.35. The molecule has 9 heteroatoms. The first kappa shape index (κ1) is 25.2. The Bertz CT molecular complexity index is 1550. The maximum atomic E-state index is 13.9. The Morgan fingerprint density at radius 2 is 1.71 bits per heavy atom. The number of carbonyl (C=O) groups is 2. The quantitative estimate of drug-likeness (QED) is 0.369. The Hall–Kier alpha value is -4.50. The van der Waals surface area contributed by atoms with Gasteiger partial charge in [0.25, 0.3) is 0 Å². The lowest BCUT2D eigenvalue weighted by atomic mass is 9.90. The molecule has 3 aromatic carbocycles. The molecule has 0 bridgehead atoms. The van der Waals surface area contributed by atoms with Crippen molar-refractivity contribution in [2.24, 2.45) is 4.99 Å². The highest BCUT2D eigenvalue weighted by Crippen LogP contribution is 2.37. The highest BCUT2D eigenvalue weighted by atomic mass is 19.1. The molecule has 8 nitrogen and oxygen atoms in total. The van der Waals surface area contributed by atoms with Crippen molar-refractivity contribution in [2.45, 2.75) is 12.8 Å². The van der Waals surface area contributed by atoms with Gasteiger partial charge in [-0.2, -0.15) is 0 Å². The van der Waals surface area contributed by atoms with Gasteiger partial charge in [0.1, 0.15) is 11.7 Å². The van der Waals surface area contributed by atoms with Gasteiger partial charge < -0.3 is 15.1 Å². The van der Waals surface area contributed by atoms with E-state index in [2.05, 4.69) is 15.3 Å². The molecule has 0 saturated heterocycles. The van der Waals surface area contributed by atoms with Crippen LogP contribution >= 0.6 is 0 Å². The molecule has 5 rings (SSSR count). The summed E-state index contributed by atoms with van der Waals surface area (Å²) in [7, 11) is 3.92. The minimum Gasteiger partial charge on any atom is -0.325 e. The lowest BCUT2D eigenvalue weighted by Crippen LogP contribution is -2.35. The van der Waals surface area contributed by atoms with Crippen molar-refractivity contribution < 1.29 is 14.0 Å². The fraction of sp³-hybridized carbons (Fsp3) is 0.207. The first-order valence-electron chi connectivity index (χ1n) is 12.2. The van der Waals surface area contributed by atoms with Gasteiger partial charge in [-0.05, 0) is 73.8 Å². The van der Waals surface area contributed by atoms with Crippen molar-refractivity contribution in [3.63, 3.8) is 0 Å². The summed E-state index contributed by atoms with van der Waals surface area (Å²) in [5, 5.41) is 2.79. The Morgan fingerprint density at radius 1 is 0.974 bits per heavy atom. The molecule has 1 atom stereocenters. The summed E-state index contributed by atoms with van der Waals surface area (Å²) in [6, 6.07) is 17.1. The molecule has 192 valence electrons. The number of nitrogens with zero attached hydrogens (tertiary/aromatic N) is 5. The van der Waals surface area contributed by atoms with Crippen LogP contribution < -0.4 is 10.2 Å². The van der Waals surface area contributed by atoms with Gasteiger partial charge in [-0.3, -0.25) is 24.5 Å². The number of rotatable bonds is 7.